The van der Waals surface area contributed by atoms with E-state index in [1.165, 1.54) is 0 Å². The number of imidazole rings is 1. The van der Waals surface area contributed by atoms with E-state index >= 15 is 0 Å². The van der Waals surface area contributed by atoms with Crippen LogP contribution < -0.4 is 5.32 Å². The second kappa shape index (κ2) is 7.03. The smallest absolute Gasteiger partial charge is 0.131 e. The lowest BCUT2D eigenvalue weighted by atomic mass is 10.0. The van der Waals surface area contributed by atoms with Crippen LogP contribution >= 0.6 is 11.6 Å². The van der Waals surface area contributed by atoms with E-state index in [1.807, 2.05) is 31.2 Å². The summed E-state index contributed by atoms with van der Waals surface area (Å²) < 4.78 is 9.69. The van der Waals surface area contributed by atoms with Gasteiger partial charge in [-0.1, -0.05) is 18.5 Å². The lowest BCUT2D eigenvalue weighted by molar-refractivity contribution is -0.00404. The number of halogens is 1. The second-order valence-electron chi connectivity index (χ2n) is 6.08. The number of hydrogen-bond acceptors (Lipinski definition) is 4. The van der Waals surface area contributed by atoms with E-state index in [0.717, 1.165) is 54.5 Å². The number of aromatic nitrogens is 4. The maximum Gasteiger partial charge on any atom is 0.131 e. The molecule has 1 aliphatic heterocycles. The number of nitrogens with zero attached hydrogens (tertiary/aromatic N) is 4. The molecule has 2 atom stereocenters. The van der Waals surface area contributed by atoms with Crippen LogP contribution in [0.25, 0.3) is 0 Å². The molecule has 7 heteroatoms. The van der Waals surface area contributed by atoms with Gasteiger partial charge in [-0.25, -0.2) is 4.98 Å². The molecule has 2 unspecified atom stereocenters. The fourth-order valence-electron chi connectivity index (χ4n) is 3.17. The highest BCUT2D eigenvalue weighted by Gasteiger charge is 2.26. The average molecular weight is 338 g/mol. The summed E-state index contributed by atoms with van der Waals surface area (Å²) >= 11 is 6.37. The highest BCUT2D eigenvalue weighted by atomic mass is 35.5. The normalized spacial score (nSPS) is 21.7. The fraction of sp³-hybridized carbons (Fsp3) is 0.625. The molecule has 0 spiro atoms. The summed E-state index contributed by atoms with van der Waals surface area (Å²) in [6, 6.07) is 0.407. The molecule has 3 rings (SSSR count). The fourth-order valence-corrected chi connectivity index (χ4v) is 3.38. The second-order valence-corrected chi connectivity index (χ2v) is 6.44. The Morgan fingerprint density at radius 3 is 2.96 bits per heavy atom. The highest BCUT2D eigenvalue weighted by molar-refractivity contribution is 6.30. The monoisotopic (exact) mass is 337 g/mol. The summed E-state index contributed by atoms with van der Waals surface area (Å²) in [6.45, 7) is 3.61. The van der Waals surface area contributed by atoms with Gasteiger partial charge in [0.2, 0.25) is 0 Å². The first-order valence-electron chi connectivity index (χ1n) is 8.11. The van der Waals surface area contributed by atoms with Crippen molar-refractivity contribution in [1.82, 2.24) is 24.6 Å². The first kappa shape index (κ1) is 16.5. The van der Waals surface area contributed by atoms with E-state index in [-0.39, 0.29) is 6.10 Å². The Morgan fingerprint density at radius 1 is 1.43 bits per heavy atom. The van der Waals surface area contributed by atoms with Crippen molar-refractivity contribution in [2.75, 3.05) is 6.61 Å². The summed E-state index contributed by atoms with van der Waals surface area (Å²) in [7, 11) is 3.89. The SMILES string of the molecule is CCc1nn(C)c(Cl)c1CNC1CCOC(c2cncn2C)C1. The van der Waals surface area contributed by atoms with Gasteiger partial charge in [0.15, 0.2) is 0 Å². The molecule has 1 fully saturated rings. The zero-order valence-electron chi connectivity index (χ0n) is 13.9. The molecular formula is C16H24ClN5O. The predicted octanol–water partition coefficient (Wildman–Crippen LogP) is 2.38. The third-order valence-electron chi connectivity index (χ3n) is 4.52. The van der Waals surface area contributed by atoms with Crippen LogP contribution in [0, 0.1) is 0 Å². The van der Waals surface area contributed by atoms with Gasteiger partial charge in [0, 0.05) is 38.9 Å². The van der Waals surface area contributed by atoms with Gasteiger partial charge in [-0.3, -0.25) is 4.68 Å². The van der Waals surface area contributed by atoms with Crippen molar-refractivity contribution in [3.63, 3.8) is 0 Å². The Kier molecular flexibility index (Phi) is 5.04. The number of ether oxygens (including phenoxy) is 1. The van der Waals surface area contributed by atoms with E-state index in [2.05, 4.69) is 22.3 Å². The third kappa shape index (κ3) is 3.44. The van der Waals surface area contributed by atoms with E-state index in [4.69, 9.17) is 16.3 Å². The number of hydrogen-bond donors (Lipinski definition) is 1. The molecule has 0 aromatic carbocycles. The minimum atomic E-state index is 0.101. The molecule has 126 valence electrons. The van der Waals surface area contributed by atoms with Crippen LogP contribution in [0.4, 0.5) is 0 Å². The van der Waals surface area contributed by atoms with Crippen molar-refractivity contribution in [2.45, 2.75) is 44.9 Å². The van der Waals surface area contributed by atoms with E-state index in [9.17, 15) is 0 Å². The minimum absolute atomic E-state index is 0.101. The summed E-state index contributed by atoms with van der Waals surface area (Å²) in [6.07, 6.45) is 6.65. The van der Waals surface area contributed by atoms with Crippen LogP contribution in [0.15, 0.2) is 12.5 Å². The van der Waals surface area contributed by atoms with Crippen molar-refractivity contribution in [3.8, 4) is 0 Å². The summed E-state index contributed by atoms with van der Waals surface area (Å²) in [5.74, 6) is 0. The molecule has 1 aliphatic rings. The maximum atomic E-state index is 6.37. The van der Waals surface area contributed by atoms with Crippen LogP contribution in [-0.4, -0.2) is 32.0 Å². The molecular weight excluding hydrogens is 314 g/mol. The molecule has 0 radical (unpaired) electrons. The van der Waals surface area contributed by atoms with Crippen molar-refractivity contribution in [1.29, 1.82) is 0 Å². The number of aryl methyl sites for hydroxylation is 3. The quantitative estimate of drug-likeness (QED) is 0.910. The molecule has 1 saturated heterocycles. The average Bonchev–Trinajstić information content (AvgIpc) is 3.10. The van der Waals surface area contributed by atoms with Crippen LogP contribution in [0.5, 0.6) is 0 Å². The Balaban J connectivity index is 1.64. The van der Waals surface area contributed by atoms with Crippen molar-refractivity contribution < 1.29 is 4.74 Å². The zero-order valence-corrected chi connectivity index (χ0v) is 14.7. The van der Waals surface area contributed by atoms with Crippen molar-refractivity contribution >= 4 is 11.6 Å². The van der Waals surface area contributed by atoms with Gasteiger partial charge in [0.1, 0.15) is 11.3 Å². The molecule has 6 nitrogen and oxygen atoms in total. The predicted molar refractivity (Wildman–Crippen MR) is 89.4 cm³/mol. The van der Waals surface area contributed by atoms with Gasteiger partial charge < -0.3 is 14.6 Å². The standard InChI is InChI=1S/C16H24ClN5O/c1-4-13-12(16(17)22(3)20-13)8-19-11-5-6-23-15(7-11)14-9-18-10-21(14)2/h9-11,15,19H,4-8H2,1-3H3. The molecule has 23 heavy (non-hydrogen) atoms. The van der Waals surface area contributed by atoms with Gasteiger partial charge >= 0.3 is 0 Å². The van der Waals surface area contributed by atoms with Gasteiger partial charge in [0.25, 0.3) is 0 Å². The molecule has 0 amide bonds. The number of rotatable bonds is 5. The molecule has 1 N–H and O–H groups in total. The molecule has 2 aromatic rings. The number of nitrogens with one attached hydrogen (secondary N) is 1. The Morgan fingerprint density at radius 2 is 2.26 bits per heavy atom. The van der Waals surface area contributed by atoms with Gasteiger partial charge in [-0.2, -0.15) is 5.10 Å². The minimum Gasteiger partial charge on any atom is -0.372 e. The first-order chi connectivity index (χ1) is 11.1. The first-order valence-corrected chi connectivity index (χ1v) is 8.49. The largest absolute Gasteiger partial charge is 0.372 e. The Hall–Kier alpha value is -1.37. The summed E-state index contributed by atoms with van der Waals surface area (Å²) in [5.41, 5.74) is 3.31. The Labute approximate surface area is 141 Å². The van der Waals surface area contributed by atoms with E-state index in [0.29, 0.717) is 6.04 Å². The molecule has 0 aliphatic carbocycles. The van der Waals surface area contributed by atoms with Crippen molar-refractivity contribution in [3.05, 3.63) is 34.6 Å². The van der Waals surface area contributed by atoms with Crippen LogP contribution in [-0.2, 0) is 31.8 Å². The lowest BCUT2D eigenvalue weighted by Crippen LogP contribution is -2.36. The topological polar surface area (TPSA) is 56.9 Å². The van der Waals surface area contributed by atoms with Gasteiger partial charge in [0.05, 0.1) is 23.9 Å². The molecule has 0 bridgehead atoms. The van der Waals surface area contributed by atoms with Crippen LogP contribution in [0.3, 0.4) is 0 Å². The van der Waals surface area contributed by atoms with E-state index < -0.39 is 0 Å². The summed E-state index contributed by atoms with van der Waals surface area (Å²) in [5, 5.41) is 8.83. The van der Waals surface area contributed by atoms with Gasteiger partial charge in [-0.15, -0.1) is 0 Å². The van der Waals surface area contributed by atoms with Gasteiger partial charge in [-0.05, 0) is 19.3 Å². The maximum absolute atomic E-state index is 6.37. The Bertz CT molecular complexity index is 665. The molecule has 0 saturated carbocycles. The lowest BCUT2D eigenvalue weighted by Gasteiger charge is -2.30. The highest BCUT2D eigenvalue weighted by Crippen LogP contribution is 2.28. The zero-order chi connectivity index (χ0) is 16.4. The molecule has 2 aromatic heterocycles. The van der Waals surface area contributed by atoms with Crippen LogP contribution in [0.2, 0.25) is 5.15 Å². The summed E-state index contributed by atoms with van der Waals surface area (Å²) in [4.78, 5) is 4.19. The van der Waals surface area contributed by atoms with Crippen molar-refractivity contribution in [2.24, 2.45) is 14.1 Å². The van der Waals surface area contributed by atoms with Crippen LogP contribution in [0.1, 0.15) is 42.8 Å². The van der Waals surface area contributed by atoms with E-state index in [1.54, 1.807) is 4.68 Å². The third-order valence-corrected chi connectivity index (χ3v) is 5.00. The molecule has 3 heterocycles.